The average Bonchev–Trinajstić information content (AvgIpc) is 2.37. The molecule has 1 saturated heterocycles. The molecule has 5 heteroatoms. The summed E-state index contributed by atoms with van der Waals surface area (Å²) in [4.78, 5) is 16.6. The predicted molar refractivity (Wildman–Crippen MR) is 80.9 cm³/mol. The highest BCUT2D eigenvalue weighted by Gasteiger charge is 2.37. The van der Waals surface area contributed by atoms with Gasteiger partial charge in [-0.25, -0.2) is 0 Å². The van der Waals surface area contributed by atoms with E-state index < -0.39 is 0 Å². The molecule has 2 heterocycles. The number of carbonyl (C=O) groups is 1. The Hall–Kier alpha value is -1.07. The number of rotatable bonds is 1. The summed E-state index contributed by atoms with van der Waals surface area (Å²) in [7, 11) is 0. The van der Waals surface area contributed by atoms with E-state index in [2.05, 4.69) is 52.1 Å². The van der Waals surface area contributed by atoms with Gasteiger partial charge in [-0.05, 0) is 47.5 Å². The minimum atomic E-state index is 0.165. The van der Waals surface area contributed by atoms with E-state index in [1.807, 2.05) is 4.90 Å². The van der Waals surface area contributed by atoms with Gasteiger partial charge in [0.25, 0.3) is 0 Å². The Balaban J connectivity index is 2.17. The van der Waals surface area contributed by atoms with Crippen molar-refractivity contribution in [2.75, 3.05) is 36.0 Å². The van der Waals surface area contributed by atoms with Crippen LogP contribution in [0.1, 0.15) is 12.5 Å². The smallest absolute Gasteiger partial charge is 0.241 e. The van der Waals surface area contributed by atoms with Crippen molar-refractivity contribution < 1.29 is 4.79 Å². The molecule has 2 aliphatic heterocycles. The lowest BCUT2D eigenvalue weighted by Crippen LogP contribution is -2.61. The molecule has 3 rings (SSSR count). The van der Waals surface area contributed by atoms with Gasteiger partial charge in [0.2, 0.25) is 5.91 Å². The molecule has 0 spiro atoms. The van der Waals surface area contributed by atoms with Crippen molar-refractivity contribution in [2.24, 2.45) is 0 Å². The number of hydrogen-bond donors (Lipinski definition) is 1. The number of nitrogens with one attached hydrogen (secondary N) is 1. The number of nitrogens with zero attached hydrogens (tertiary/aromatic N) is 2. The van der Waals surface area contributed by atoms with Crippen molar-refractivity contribution >= 4 is 33.2 Å². The quantitative estimate of drug-likeness (QED) is 0.857. The van der Waals surface area contributed by atoms with Crippen LogP contribution in [0.25, 0.3) is 0 Å². The van der Waals surface area contributed by atoms with Gasteiger partial charge in [0.05, 0.1) is 24.0 Å². The van der Waals surface area contributed by atoms with Gasteiger partial charge in [-0.3, -0.25) is 4.79 Å². The van der Waals surface area contributed by atoms with Crippen LogP contribution in [0.5, 0.6) is 0 Å². The third kappa shape index (κ3) is 2.05. The first-order valence-electron chi connectivity index (χ1n) is 6.69. The Bertz CT molecular complexity index is 532. The molecule has 2 aliphatic rings. The van der Waals surface area contributed by atoms with Crippen molar-refractivity contribution in [3.8, 4) is 0 Å². The first kappa shape index (κ1) is 12.9. The van der Waals surface area contributed by atoms with E-state index in [0.717, 1.165) is 29.8 Å². The van der Waals surface area contributed by atoms with Crippen LogP contribution in [0.2, 0.25) is 0 Å². The second-order valence-corrected chi connectivity index (χ2v) is 6.06. The number of hydrogen-bond acceptors (Lipinski definition) is 3. The third-order valence-corrected chi connectivity index (χ3v) is 4.48. The monoisotopic (exact) mass is 323 g/mol. The van der Waals surface area contributed by atoms with Gasteiger partial charge in [0.15, 0.2) is 0 Å². The lowest BCUT2D eigenvalue weighted by atomic mass is 10.0. The summed E-state index contributed by atoms with van der Waals surface area (Å²) in [6, 6.07) is 4.49. The van der Waals surface area contributed by atoms with Crippen LogP contribution in [0.15, 0.2) is 16.6 Å². The van der Waals surface area contributed by atoms with E-state index in [1.54, 1.807) is 0 Å². The topological polar surface area (TPSA) is 35.6 Å². The second-order valence-electron chi connectivity index (χ2n) is 5.20. The molecule has 102 valence electrons. The molecule has 0 bridgehead atoms. The molecule has 1 atom stereocenters. The maximum atomic E-state index is 12.2. The Morgan fingerprint density at radius 1 is 1.47 bits per heavy atom. The highest BCUT2D eigenvalue weighted by Crippen LogP contribution is 2.42. The molecule has 1 N–H and O–H groups in total. The van der Waals surface area contributed by atoms with Crippen LogP contribution >= 0.6 is 15.9 Å². The minimum absolute atomic E-state index is 0.165. The fourth-order valence-corrected chi connectivity index (χ4v) is 3.78. The fraction of sp³-hybridized carbons (Fsp3) is 0.500. The fourth-order valence-electron chi connectivity index (χ4n) is 3.03. The van der Waals surface area contributed by atoms with Gasteiger partial charge in [0, 0.05) is 24.1 Å². The largest absolute Gasteiger partial charge is 0.368 e. The number of fused-ring (bicyclic) bond motifs is 3. The highest BCUT2D eigenvalue weighted by atomic mass is 79.9. The summed E-state index contributed by atoms with van der Waals surface area (Å²) < 4.78 is 1.01. The molecule has 4 nitrogen and oxygen atoms in total. The SMILES string of the molecule is CCN1CC2CNCC(=O)N2c2c(Br)cc(C)cc21. The summed E-state index contributed by atoms with van der Waals surface area (Å²) in [5.74, 6) is 0.165. The van der Waals surface area contributed by atoms with Crippen molar-refractivity contribution in [1.29, 1.82) is 0 Å². The highest BCUT2D eigenvalue weighted by molar-refractivity contribution is 9.10. The molecular weight excluding hydrogens is 306 g/mol. The standard InChI is InChI=1S/C14H18BrN3O/c1-3-17-8-10-6-16-7-13(19)18(10)14-11(15)4-9(2)5-12(14)17/h4-5,10,16H,3,6-8H2,1-2H3. The minimum Gasteiger partial charge on any atom is -0.368 e. The maximum Gasteiger partial charge on any atom is 0.241 e. The zero-order valence-corrected chi connectivity index (χ0v) is 12.8. The summed E-state index contributed by atoms with van der Waals surface area (Å²) >= 11 is 3.64. The number of benzene rings is 1. The zero-order chi connectivity index (χ0) is 13.6. The van der Waals surface area contributed by atoms with Gasteiger partial charge in [-0.2, -0.15) is 0 Å². The van der Waals surface area contributed by atoms with Gasteiger partial charge < -0.3 is 15.1 Å². The van der Waals surface area contributed by atoms with E-state index in [9.17, 15) is 4.79 Å². The first-order valence-corrected chi connectivity index (χ1v) is 7.49. The number of likely N-dealkylation sites (N-methyl/N-ethyl adjacent to an activating group) is 1. The zero-order valence-electron chi connectivity index (χ0n) is 11.2. The van der Waals surface area contributed by atoms with Crippen molar-refractivity contribution in [2.45, 2.75) is 19.9 Å². The molecule has 1 unspecified atom stereocenters. The van der Waals surface area contributed by atoms with E-state index in [1.165, 1.54) is 11.3 Å². The van der Waals surface area contributed by atoms with E-state index in [-0.39, 0.29) is 11.9 Å². The number of carbonyl (C=O) groups excluding carboxylic acids is 1. The van der Waals surface area contributed by atoms with Crippen LogP contribution in [0.3, 0.4) is 0 Å². The van der Waals surface area contributed by atoms with E-state index in [0.29, 0.717) is 6.54 Å². The Morgan fingerprint density at radius 3 is 3.00 bits per heavy atom. The molecule has 1 amide bonds. The Kier molecular flexibility index (Phi) is 3.27. The molecule has 0 radical (unpaired) electrons. The molecule has 0 saturated carbocycles. The lowest BCUT2D eigenvalue weighted by molar-refractivity contribution is -0.119. The van der Waals surface area contributed by atoms with Crippen LogP contribution in [0, 0.1) is 6.92 Å². The molecule has 1 aromatic rings. The second kappa shape index (κ2) is 4.80. The molecular formula is C14H18BrN3O. The number of halogens is 1. The molecule has 1 fully saturated rings. The summed E-state index contributed by atoms with van der Waals surface area (Å²) in [5.41, 5.74) is 3.42. The van der Waals surface area contributed by atoms with E-state index >= 15 is 0 Å². The number of amides is 1. The molecule has 0 aromatic heterocycles. The molecule has 19 heavy (non-hydrogen) atoms. The van der Waals surface area contributed by atoms with Crippen LogP contribution in [-0.2, 0) is 4.79 Å². The van der Waals surface area contributed by atoms with E-state index in [4.69, 9.17) is 0 Å². The summed E-state index contributed by atoms with van der Waals surface area (Å²) in [5, 5.41) is 3.21. The maximum absolute atomic E-state index is 12.2. The van der Waals surface area contributed by atoms with Crippen LogP contribution < -0.4 is 15.1 Å². The van der Waals surface area contributed by atoms with Crippen molar-refractivity contribution in [3.05, 3.63) is 22.2 Å². The molecule has 1 aromatic carbocycles. The predicted octanol–water partition coefficient (Wildman–Crippen LogP) is 1.90. The third-order valence-electron chi connectivity index (χ3n) is 3.87. The van der Waals surface area contributed by atoms with Gasteiger partial charge >= 0.3 is 0 Å². The first-order chi connectivity index (χ1) is 9.11. The number of aryl methyl sites for hydroxylation is 1. The van der Waals surface area contributed by atoms with Gasteiger partial charge in [0.1, 0.15) is 0 Å². The lowest BCUT2D eigenvalue weighted by Gasteiger charge is -2.46. The normalized spacial score (nSPS) is 22.3. The van der Waals surface area contributed by atoms with Crippen molar-refractivity contribution in [3.63, 3.8) is 0 Å². The number of anilines is 2. The van der Waals surface area contributed by atoms with Gasteiger partial charge in [-0.15, -0.1) is 0 Å². The van der Waals surface area contributed by atoms with Crippen molar-refractivity contribution in [1.82, 2.24) is 5.32 Å². The van der Waals surface area contributed by atoms with Crippen LogP contribution in [0.4, 0.5) is 11.4 Å². The average molecular weight is 324 g/mol. The summed E-state index contributed by atoms with van der Waals surface area (Å²) in [6.07, 6.45) is 0. The Morgan fingerprint density at radius 2 is 2.26 bits per heavy atom. The molecule has 0 aliphatic carbocycles. The Labute approximate surface area is 121 Å². The van der Waals surface area contributed by atoms with Gasteiger partial charge in [-0.1, -0.05) is 0 Å². The van der Waals surface area contributed by atoms with Crippen LogP contribution in [-0.4, -0.2) is 38.1 Å². The summed E-state index contributed by atoms with van der Waals surface area (Å²) in [6.45, 7) is 7.40. The number of piperazine rings is 1.